The van der Waals surface area contributed by atoms with Gasteiger partial charge in [0.15, 0.2) is 0 Å². The fourth-order valence-corrected chi connectivity index (χ4v) is 5.42. The summed E-state index contributed by atoms with van der Waals surface area (Å²) in [5.74, 6) is -0.415. The summed E-state index contributed by atoms with van der Waals surface area (Å²) in [6, 6.07) is 11.9. The zero-order chi connectivity index (χ0) is 21.2. The standard InChI is InChI=1S/C19H23N3O5S2/c1-14-5-11-17(12-6-14)29(26,27)22-13-3-4-18(22)19(23)20-15-7-9-16(10-8-15)21-28(2,24)25/h5-12,18,21H,3-4,13H2,1-2H3,(H,20,23)/t18-/m0/s1. The van der Waals surface area contributed by atoms with Gasteiger partial charge in [-0.05, 0) is 56.2 Å². The third-order valence-electron chi connectivity index (χ3n) is 4.59. The number of carbonyl (C=O) groups is 1. The number of nitrogens with one attached hydrogen (secondary N) is 2. The van der Waals surface area contributed by atoms with E-state index in [1.165, 1.54) is 16.4 Å². The van der Waals surface area contributed by atoms with Crippen molar-refractivity contribution in [2.75, 3.05) is 22.8 Å². The summed E-state index contributed by atoms with van der Waals surface area (Å²) in [6.07, 6.45) is 2.08. The van der Waals surface area contributed by atoms with Crippen molar-refractivity contribution < 1.29 is 21.6 Å². The molecule has 0 aromatic heterocycles. The zero-order valence-corrected chi connectivity index (χ0v) is 17.8. The summed E-state index contributed by atoms with van der Waals surface area (Å²) in [7, 11) is -7.16. The van der Waals surface area contributed by atoms with Crippen LogP contribution in [0.5, 0.6) is 0 Å². The Balaban J connectivity index is 1.74. The summed E-state index contributed by atoms with van der Waals surface area (Å²) in [4.78, 5) is 12.9. The lowest BCUT2D eigenvalue weighted by atomic mass is 10.2. The maximum absolute atomic E-state index is 13.0. The van der Waals surface area contributed by atoms with Crippen molar-refractivity contribution in [2.24, 2.45) is 0 Å². The lowest BCUT2D eigenvalue weighted by molar-refractivity contribution is -0.119. The van der Waals surface area contributed by atoms with Crippen LogP contribution in [0.1, 0.15) is 18.4 Å². The molecule has 2 N–H and O–H groups in total. The third kappa shape index (κ3) is 5.14. The Morgan fingerprint density at radius 1 is 0.966 bits per heavy atom. The van der Waals surface area contributed by atoms with Crippen molar-refractivity contribution in [3.8, 4) is 0 Å². The first-order chi connectivity index (χ1) is 13.6. The minimum Gasteiger partial charge on any atom is -0.325 e. The van der Waals surface area contributed by atoms with Crippen LogP contribution in [0.4, 0.5) is 11.4 Å². The Kier molecular flexibility index (Phi) is 5.97. The van der Waals surface area contributed by atoms with E-state index in [4.69, 9.17) is 0 Å². The largest absolute Gasteiger partial charge is 0.325 e. The van der Waals surface area contributed by atoms with Crippen LogP contribution < -0.4 is 10.0 Å². The number of hydrogen-bond acceptors (Lipinski definition) is 5. The molecule has 0 spiro atoms. The molecule has 0 unspecified atom stereocenters. The molecule has 2 aromatic carbocycles. The van der Waals surface area contributed by atoms with Crippen LogP contribution >= 0.6 is 0 Å². The van der Waals surface area contributed by atoms with Gasteiger partial charge >= 0.3 is 0 Å². The zero-order valence-electron chi connectivity index (χ0n) is 16.1. The van der Waals surface area contributed by atoms with Gasteiger partial charge in [-0.3, -0.25) is 9.52 Å². The van der Waals surface area contributed by atoms with Crippen LogP contribution in [0, 0.1) is 6.92 Å². The van der Waals surface area contributed by atoms with E-state index < -0.39 is 32.0 Å². The van der Waals surface area contributed by atoms with E-state index in [1.807, 2.05) is 6.92 Å². The summed E-state index contributed by atoms with van der Waals surface area (Å²) in [5, 5.41) is 2.71. The molecule has 2 aromatic rings. The molecule has 1 atom stereocenters. The number of benzene rings is 2. The molecule has 8 nitrogen and oxygen atoms in total. The van der Waals surface area contributed by atoms with Gasteiger partial charge in [-0.25, -0.2) is 16.8 Å². The Bertz CT molecular complexity index is 1100. The molecule has 1 amide bonds. The van der Waals surface area contributed by atoms with Gasteiger partial charge < -0.3 is 5.32 Å². The van der Waals surface area contributed by atoms with Gasteiger partial charge in [0.05, 0.1) is 11.2 Å². The van der Waals surface area contributed by atoms with Gasteiger partial charge in [0.2, 0.25) is 26.0 Å². The summed E-state index contributed by atoms with van der Waals surface area (Å²) < 4.78 is 52.0. The molecule has 10 heteroatoms. The average Bonchev–Trinajstić information content (AvgIpc) is 3.13. The van der Waals surface area contributed by atoms with Gasteiger partial charge in [0, 0.05) is 17.9 Å². The monoisotopic (exact) mass is 437 g/mol. The molecule has 1 fully saturated rings. The van der Waals surface area contributed by atoms with E-state index in [9.17, 15) is 21.6 Å². The summed E-state index contributed by atoms with van der Waals surface area (Å²) >= 11 is 0. The fraction of sp³-hybridized carbons (Fsp3) is 0.316. The molecule has 0 aliphatic carbocycles. The van der Waals surface area contributed by atoms with Crippen molar-refractivity contribution in [2.45, 2.75) is 30.7 Å². The highest BCUT2D eigenvalue weighted by Gasteiger charge is 2.39. The second-order valence-corrected chi connectivity index (χ2v) is 10.7. The Labute approximate surface area is 171 Å². The van der Waals surface area contributed by atoms with E-state index in [0.29, 0.717) is 24.2 Å². The Hall–Kier alpha value is -2.43. The number of nitrogens with zero attached hydrogens (tertiary/aromatic N) is 1. The molecule has 3 rings (SSSR count). The van der Waals surface area contributed by atoms with E-state index in [0.717, 1.165) is 11.8 Å². The molecule has 0 saturated carbocycles. The lowest BCUT2D eigenvalue weighted by Gasteiger charge is -2.23. The number of amides is 1. The normalized spacial score (nSPS) is 17.8. The number of carbonyl (C=O) groups excluding carboxylic acids is 1. The van der Waals surface area contributed by atoms with Gasteiger partial charge in [-0.1, -0.05) is 17.7 Å². The Morgan fingerprint density at radius 3 is 2.14 bits per heavy atom. The van der Waals surface area contributed by atoms with Crippen LogP contribution in [0.3, 0.4) is 0 Å². The van der Waals surface area contributed by atoms with Crippen molar-refractivity contribution in [1.29, 1.82) is 0 Å². The average molecular weight is 438 g/mol. The smallest absolute Gasteiger partial charge is 0.243 e. The summed E-state index contributed by atoms with van der Waals surface area (Å²) in [5.41, 5.74) is 1.78. The van der Waals surface area contributed by atoms with Crippen LogP contribution in [0.25, 0.3) is 0 Å². The quantitative estimate of drug-likeness (QED) is 0.719. The Morgan fingerprint density at radius 2 is 1.55 bits per heavy atom. The molecule has 0 bridgehead atoms. The van der Waals surface area contributed by atoms with E-state index in [2.05, 4.69) is 10.0 Å². The van der Waals surface area contributed by atoms with Gasteiger partial charge in [-0.15, -0.1) is 0 Å². The first-order valence-electron chi connectivity index (χ1n) is 9.03. The number of hydrogen-bond donors (Lipinski definition) is 2. The van der Waals surface area contributed by atoms with Gasteiger partial charge in [0.25, 0.3) is 0 Å². The number of rotatable bonds is 6. The van der Waals surface area contributed by atoms with Crippen molar-refractivity contribution in [3.05, 3.63) is 54.1 Å². The predicted octanol–water partition coefficient (Wildman–Crippen LogP) is 2.16. The van der Waals surface area contributed by atoms with E-state index >= 15 is 0 Å². The molecule has 156 valence electrons. The highest BCUT2D eigenvalue weighted by Crippen LogP contribution is 2.27. The molecule has 1 aliphatic rings. The van der Waals surface area contributed by atoms with Gasteiger partial charge in [-0.2, -0.15) is 4.31 Å². The number of anilines is 2. The molecule has 1 saturated heterocycles. The van der Waals surface area contributed by atoms with Crippen LogP contribution in [-0.4, -0.2) is 45.9 Å². The predicted molar refractivity (Wildman–Crippen MR) is 112 cm³/mol. The van der Waals surface area contributed by atoms with Gasteiger partial charge in [0.1, 0.15) is 6.04 Å². The highest BCUT2D eigenvalue weighted by molar-refractivity contribution is 7.92. The lowest BCUT2D eigenvalue weighted by Crippen LogP contribution is -2.43. The van der Waals surface area contributed by atoms with Crippen LogP contribution in [0.2, 0.25) is 0 Å². The minimum absolute atomic E-state index is 0.166. The fourth-order valence-electron chi connectivity index (χ4n) is 3.20. The van der Waals surface area contributed by atoms with Crippen molar-refractivity contribution in [3.63, 3.8) is 0 Å². The summed E-state index contributed by atoms with van der Waals surface area (Å²) in [6.45, 7) is 2.16. The molecular weight excluding hydrogens is 414 g/mol. The van der Waals surface area contributed by atoms with Crippen LogP contribution in [-0.2, 0) is 24.8 Å². The van der Waals surface area contributed by atoms with E-state index in [1.54, 1.807) is 36.4 Å². The second kappa shape index (κ2) is 8.13. The molecule has 29 heavy (non-hydrogen) atoms. The van der Waals surface area contributed by atoms with Crippen molar-refractivity contribution >= 4 is 37.3 Å². The number of sulfonamides is 2. The highest BCUT2D eigenvalue weighted by atomic mass is 32.2. The van der Waals surface area contributed by atoms with Crippen LogP contribution in [0.15, 0.2) is 53.4 Å². The third-order valence-corrected chi connectivity index (χ3v) is 7.12. The SMILES string of the molecule is Cc1ccc(S(=O)(=O)N2CCC[C@H]2C(=O)Nc2ccc(NS(C)(=O)=O)cc2)cc1. The first kappa shape index (κ1) is 21.3. The molecule has 1 heterocycles. The minimum atomic E-state index is -3.77. The van der Waals surface area contributed by atoms with Crippen molar-refractivity contribution in [1.82, 2.24) is 4.31 Å². The maximum atomic E-state index is 13.0. The molecular formula is C19H23N3O5S2. The van der Waals surface area contributed by atoms with E-state index in [-0.39, 0.29) is 11.4 Å². The maximum Gasteiger partial charge on any atom is 0.243 e. The molecule has 0 radical (unpaired) electrons. The first-order valence-corrected chi connectivity index (χ1v) is 12.4. The second-order valence-electron chi connectivity index (χ2n) is 7.03. The molecule has 1 aliphatic heterocycles. The topological polar surface area (TPSA) is 113 Å². The number of aryl methyl sites for hydroxylation is 1.